The van der Waals surface area contributed by atoms with Gasteiger partial charge in [0.25, 0.3) is 0 Å². The Hall–Kier alpha value is -2.64. The fraction of sp³-hybridized carbons (Fsp3) is 0.118. The summed E-state index contributed by atoms with van der Waals surface area (Å²) in [5.74, 6) is 0. The number of aryl methyl sites for hydroxylation is 1. The van der Waals surface area contributed by atoms with Crippen LogP contribution in [0.2, 0.25) is 5.02 Å². The Morgan fingerprint density at radius 3 is 2.64 bits per heavy atom. The Balaban J connectivity index is 1.91. The first kappa shape index (κ1) is 14.3. The third kappa shape index (κ3) is 2.85. The highest BCUT2D eigenvalue weighted by atomic mass is 35.5. The molecule has 0 fully saturated rings. The highest BCUT2D eigenvalue weighted by Gasteiger charge is 2.08. The molecule has 1 aromatic heterocycles. The van der Waals surface area contributed by atoms with Crippen LogP contribution in [0.5, 0.6) is 0 Å². The molecule has 1 heterocycles. The van der Waals surface area contributed by atoms with E-state index in [1.807, 2.05) is 41.9 Å². The van der Waals surface area contributed by atoms with Crippen molar-refractivity contribution in [2.24, 2.45) is 0 Å². The molecule has 3 aromatic rings. The SMILES string of the molecule is Cc1cc(-c2cnnn2Cc2ccc(C#N)cc2)ccc1Cl. The van der Waals surface area contributed by atoms with Crippen molar-refractivity contribution in [1.82, 2.24) is 15.0 Å². The van der Waals surface area contributed by atoms with E-state index in [0.29, 0.717) is 12.1 Å². The van der Waals surface area contributed by atoms with Crippen LogP contribution < -0.4 is 0 Å². The fourth-order valence-corrected chi connectivity index (χ4v) is 2.38. The fourth-order valence-electron chi connectivity index (χ4n) is 2.26. The first-order chi connectivity index (χ1) is 10.7. The van der Waals surface area contributed by atoms with Crippen LogP contribution in [0.4, 0.5) is 0 Å². The molecule has 0 aliphatic rings. The lowest BCUT2D eigenvalue weighted by atomic mass is 10.1. The van der Waals surface area contributed by atoms with E-state index in [1.165, 1.54) is 0 Å². The van der Waals surface area contributed by atoms with Crippen molar-refractivity contribution in [3.63, 3.8) is 0 Å². The van der Waals surface area contributed by atoms with Gasteiger partial charge < -0.3 is 0 Å². The third-order valence-corrected chi connectivity index (χ3v) is 3.91. The molecule has 0 saturated heterocycles. The van der Waals surface area contributed by atoms with Gasteiger partial charge in [-0.3, -0.25) is 0 Å². The first-order valence-corrected chi connectivity index (χ1v) is 7.19. The molecule has 22 heavy (non-hydrogen) atoms. The van der Waals surface area contributed by atoms with Crippen molar-refractivity contribution in [3.05, 3.63) is 70.4 Å². The van der Waals surface area contributed by atoms with Gasteiger partial charge >= 0.3 is 0 Å². The molecule has 0 bridgehead atoms. The normalized spacial score (nSPS) is 10.4. The molecule has 0 unspecified atom stereocenters. The summed E-state index contributed by atoms with van der Waals surface area (Å²) in [4.78, 5) is 0. The van der Waals surface area contributed by atoms with E-state index in [-0.39, 0.29) is 0 Å². The average molecular weight is 309 g/mol. The molecular weight excluding hydrogens is 296 g/mol. The molecule has 4 nitrogen and oxygen atoms in total. The monoisotopic (exact) mass is 308 g/mol. The minimum Gasteiger partial charge on any atom is -0.240 e. The molecule has 0 radical (unpaired) electrons. The molecule has 5 heteroatoms. The quantitative estimate of drug-likeness (QED) is 0.739. The van der Waals surface area contributed by atoms with Crippen LogP contribution >= 0.6 is 11.6 Å². The number of halogens is 1. The Morgan fingerprint density at radius 2 is 1.95 bits per heavy atom. The molecule has 0 amide bonds. The van der Waals surface area contributed by atoms with Crippen LogP contribution in [0.3, 0.4) is 0 Å². The maximum absolute atomic E-state index is 8.84. The van der Waals surface area contributed by atoms with E-state index in [4.69, 9.17) is 16.9 Å². The van der Waals surface area contributed by atoms with Gasteiger partial charge in [0.15, 0.2) is 0 Å². The molecule has 0 spiro atoms. The lowest BCUT2D eigenvalue weighted by Gasteiger charge is -2.08. The Bertz CT molecular complexity index is 844. The molecule has 0 N–H and O–H groups in total. The number of aromatic nitrogens is 3. The van der Waals surface area contributed by atoms with Crippen LogP contribution in [0.25, 0.3) is 11.3 Å². The molecule has 108 valence electrons. The standard InChI is InChI=1S/C17H13ClN4/c1-12-8-15(6-7-16(12)18)17-10-20-21-22(17)11-14-4-2-13(9-19)3-5-14/h2-8,10H,11H2,1H3. The summed E-state index contributed by atoms with van der Waals surface area (Å²) in [6.45, 7) is 2.57. The van der Waals surface area contributed by atoms with E-state index >= 15 is 0 Å². The second-order valence-electron chi connectivity index (χ2n) is 5.05. The minimum atomic E-state index is 0.600. The number of benzene rings is 2. The molecule has 0 saturated carbocycles. The van der Waals surface area contributed by atoms with Gasteiger partial charge in [-0.15, -0.1) is 5.10 Å². The zero-order valence-electron chi connectivity index (χ0n) is 12.0. The molecule has 2 aromatic carbocycles. The van der Waals surface area contributed by atoms with Crippen LogP contribution in [0.1, 0.15) is 16.7 Å². The highest BCUT2D eigenvalue weighted by molar-refractivity contribution is 6.31. The van der Waals surface area contributed by atoms with E-state index < -0.39 is 0 Å². The highest BCUT2D eigenvalue weighted by Crippen LogP contribution is 2.24. The van der Waals surface area contributed by atoms with Crippen molar-refractivity contribution in [1.29, 1.82) is 5.26 Å². The average Bonchev–Trinajstić information content (AvgIpc) is 2.99. The third-order valence-electron chi connectivity index (χ3n) is 3.49. The second kappa shape index (κ2) is 6.00. The van der Waals surface area contributed by atoms with Crippen LogP contribution in [-0.4, -0.2) is 15.0 Å². The number of hydrogen-bond donors (Lipinski definition) is 0. The summed E-state index contributed by atoms with van der Waals surface area (Å²) in [5.41, 5.74) is 4.70. The maximum atomic E-state index is 8.84. The van der Waals surface area contributed by atoms with E-state index in [0.717, 1.165) is 27.4 Å². The molecule has 0 atom stereocenters. The zero-order chi connectivity index (χ0) is 15.5. The first-order valence-electron chi connectivity index (χ1n) is 6.81. The van der Waals surface area contributed by atoms with Crippen LogP contribution in [0, 0.1) is 18.3 Å². The topological polar surface area (TPSA) is 54.5 Å². The minimum absolute atomic E-state index is 0.600. The Morgan fingerprint density at radius 1 is 1.18 bits per heavy atom. The maximum Gasteiger partial charge on any atom is 0.0991 e. The Kier molecular flexibility index (Phi) is 3.90. The summed E-state index contributed by atoms with van der Waals surface area (Å²) < 4.78 is 1.84. The number of nitriles is 1. The van der Waals surface area contributed by atoms with Gasteiger partial charge in [-0.25, -0.2) is 4.68 Å². The summed E-state index contributed by atoms with van der Waals surface area (Å²) in [5, 5.41) is 17.7. The van der Waals surface area contributed by atoms with Gasteiger partial charge in [0.1, 0.15) is 0 Å². The van der Waals surface area contributed by atoms with Crippen LogP contribution in [0.15, 0.2) is 48.7 Å². The summed E-state index contributed by atoms with van der Waals surface area (Å²) in [6, 6.07) is 15.4. The predicted octanol–water partition coefficient (Wildman–Crippen LogP) is 3.83. The van der Waals surface area contributed by atoms with Gasteiger partial charge in [-0.05, 0) is 42.3 Å². The van der Waals surface area contributed by atoms with E-state index in [9.17, 15) is 0 Å². The number of rotatable bonds is 3. The number of nitrogens with zero attached hydrogens (tertiary/aromatic N) is 4. The summed E-state index contributed by atoms with van der Waals surface area (Å²) >= 11 is 6.08. The largest absolute Gasteiger partial charge is 0.240 e. The number of hydrogen-bond acceptors (Lipinski definition) is 3. The van der Waals surface area contributed by atoms with Gasteiger partial charge in [0.2, 0.25) is 0 Å². The van der Waals surface area contributed by atoms with Gasteiger partial charge in [-0.2, -0.15) is 5.26 Å². The van der Waals surface area contributed by atoms with Gasteiger partial charge in [0, 0.05) is 10.6 Å². The second-order valence-corrected chi connectivity index (χ2v) is 5.46. The van der Waals surface area contributed by atoms with Crippen molar-refractivity contribution < 1.29 is 0 Å². The van der Waals surface area contributed by atoms with Crippen molar-refractivity contribution in [2.75, 3.05) is 0 Å². The summed E-state index contributed by atoms with van der Waals surface area (Å²) in [7, 11) is 0. The van der Waals surface area contributed by atoms with E-state index in [1.54, 1.807) is 18.3 Å². The van der Waals surface area contributed by atoms with E-state index in [2.05, 4.69) is 16.4 Å². The lowest BCUT2D eigenvalue weighted by molar-refractivity contribution is 0.655. The molecule has 0 aliphatic carbocycles. The van der Waals surface area contributed by atoms with Crippen molar-refractivity contribution >= 4 is 11.6 Å². The van der Waals surface area contributed by atoms with Crippen molar-refractivity contribution in [3.8, 4) is 17.3 Å². The zero-order valence-corrected chi connectivity index (χ0v) is 12.7. The molecule has 3 rings (SSSR count). The predicted molar refractivity (Wildman–Crippen MR) is 85.5 cm³/mol. The van der Waals surface area contributed by atoms with Gasteiger partial charge in [0.05, 0.1) is 30.1 Å². The van der Waals surface area contributed by atoms with Gasteiger partial charge in [-0.1, -0.05) is 35.0 Å². The van der Waals surface area contributed by atoms with Crippen LogP contribution in [-0.2, 0) is 6.54 Å². The lowest BCUT2D eigenvalue weighted by Crippen LogP contribution is -2.04. The molecule has 0 aliphatic heterocycles. The molecular formula is C17H13ClN4. The summed E-state index contributed by atoms with van der Waals surface area (Å²) in [6.07, 6.45) is 1.74. The Labute approximate surface area is 133 Å². The smallest absolute Gasteiger partial charge is 0.0991 e. The van der Waals surface area contributed by atoms with Crippen molar-refractivity contribution in [2.45, 2.75) is 13.5 Å².